The van der Waals surface area contributed by atoms with Crippen LogP contribution < -0.4 is 10.6 Å². The lowest BCUT2D eigenvalue weighted by Crippen LogP contribution is -2.37. The zero-order valence-corrected chi connectivity index (χ0v) is 14.9. The molecule has 0 aliphatic rings. The lowest BCUT2D eigenvalue weighted by Gasteiger charge is -2.20. The van der Waals surface area contributed by atoms with E-state index in [2.05, 4.69) is 20.6 Å². The molecule has 132 valence electrons. The maximum atomic E-state index is 12.8. The number of carbonyl (C=O) groups excluding carboxylic acids is 1. The summed E-state index contributed by atoms with van der Waals surface area (Å²) in [6.45, 7) is 0.909. The van der Waals surface area contributed by atoms with Crippen molar-refractivity contribution in [1.82, 2.24) is 20.6 Å². The van der Waals surface area contributed by atoms with Crippen LogP contribution in [0, 0.1) is 0 Å². The zero-order chi connectivity index (χ0) is 18.2. The fourth-order valence-electron chi connectivity index (χ4n) is 2.57. The van der Waals surface area contributed by atoms with E-state index in [4.69, 9.17) is 11.6 Å². The molecule has 0 saturated heterocycles. The van der Waals surface area contributed by atoms with Gasteiger partial charge in [-0.05, 0) is 34.9 Å². The highest BCUT2D eigenvalue weighted by atomic mass is 35.5. The first-order valence-electron chi connectivity index (χ1n) is 8.27. The number of pyridine rings is 2. The Labute approximate surface area is 157 Å². The van der Waals surface area contributed by atoms with Crippen molar-refractivity contribution in [2.75, 3.05) is 0 Å². The predicted molar refractivity (Wildman–Crippen MR) is 101 cm³/mol. The van der Waals surface area contributed by atoms with Crippen LogP contribution in [0.5, 0.6) is 0 Å². The first-order chi connectivity index (χ1) is 12.7. The van der Waals surface area contributed by atoms with E-state index in [9.17, 15) is 4.79 Å². The fourth-order valence-corrected chi connectivity index (χ4v) is 2.81. The van der Waals surface area contributed by atoms with E-state index >= 15 is 0 Å². The molecule has 2 aromatic heterocycles. The smallest absolute Gasteiger partial charge is 0.242 e. The average Bonchev–Trinajstić information content (AvgIpc) is 2.69. The molecule has 1 unspecified atom stereocenters. The van der Waals surface area contributed by atoms with Crippen LogP contribution in [0.1, 0.15) is 22.7 Å². The van der Waals surface area contributed by atoms with Crippen molar-refractivity contribution in [1.29, 1.82) is 0 Å². The fraction of sp³-hybridized carbons (Fsp3) is 0.150. The number of nitrogens with zero attached hydrogens (tertiary/aromatic N) is 2. The van der Waals surface area contributed by atoms with Gasteiger partial charge in [-0.25, -0.2) is 0 Å². The number of nitrogens with one attached hydrogen (secondary N) is 2. The summed E-state index contributed by atoms with van der Waals surface area (Å²) in [6, 6.07) is 14.4. The summed E-state index contributed by atoms with van der Waals surface area (Å²) in [5.41, 5.74) is 2.66. The molecule has 1 atom stereocenters. The maximum Gasteiger partial charge on any atom is 0.242 e. The molecule has 3 aromatic rings. The van der Waals surface area contributed by atoms with Crippen LogP contribution in [0.2, 0.25) is 5.02 Å². The van der Waals surface area contributed by atoms with E-state index in [0.29, 0.717) is 18.1 Å². The molecule has 1 aromatic carbocycles. The van der Waals surface area contributed by atoms with Gasteiger partial charge in [-0.15, -0.1) is 0 Å². The number of rotatable bonds is 7. The van der Waals surface area contributed by atoms with Crippen LogP contribution in [0.4, 0.5) is 0 Å². The first-order valence-corrected chi connectivity index (χ1v) is 8.65. The second kappa shape index (κ2) is 9.08. The van der Waals surface area contributed by atoms with Crippen LogP contribution in [0.25, 0.3) is 0 Å². The van der Waals surface area contributed by atoms with Crippen molar-refractivity contribution in [3.05, 3.63) is 95.0 Å². The minimum atomic E-state index is -0.569. The topological polar surface area (TPSA) is 66.9 Å². The van der Waals surface area contributed by atoms with Gasteiger partial charge >= 0.3 is 0 Å². The molecule has 6 heteroatoms. The summed E-state index contributed by atoms with van der Waals surface area (Å²) < 4.78 is 0. The standard InChI is InChI=1S/C20H19ClN4O/c21-18-8-2-1-7-17(18)19(24-13-15-5-3-9-22-11-15)20(26)25-14-16-6-4-10-23-12-16/h1-12,19,24H,13-14H2,(H,25,26). The molecule has 0 bridgehead atoms. The number of carbonyl (C=O) groups is 1. The third kappa shape index (κ3) is 4.88. The normalized spacial score (nSPS) is 11.7. The van der Waals surface area contributed by atoms with Crippen molar-refractivity contribution >= 4 is 17.5 Å². The van der Waals surface area contributed by atoms with Crippen LogP contribution >= 0.6 is 11.6 Å². The quantitative estimate of drug-likeness (QED) is 0.673. The number of halogens is 1. The number of hydrogen-bond donors (Lipinski definition) is 2. The predicted octanol–water partition coefficient (Wildman–Crippen LogP) is 3.28. The SMILES string of the molecule is O=C(NCc1cccnc1)C(NCc1cccnc1)c1ccccc1Cl. The Kier molecular flexibility index (Phi) is 6.30. The molecular formula is C20H19ClN4O. The number of amides is 1. The van der Waals surface area contributed by atoms with Gasteiger partial charge in [-0.3, -0.25) is 20.1 Å². The molecule has 26 heavy (non-hydrogen) atoms. The largest absolute Gasteiger partial charge is 0.350 e. The molecule has 0 aliphatic heterocycles. The van der Waals surface area contributed by atoms with Crippen molar-refractivity contribution < 1.29 is 4.79 Å². The number of benzene rings is 1. The molecule has 0 radical (unpaired) electrons. The van der Waals surface area contributed by atoms with Crippen molar-refractivity contribution in [2.24, 2.45) is 0 Å². The Morgan fingerprint density at radius 1 is 0.923 bits per heavy atom. The Morgan fingerprint density at radius 3 is 2.19 bits per heavy atom. The average molecular weight is 367 g/mol. The highest BCUT2D eigenvalue weighted by Crippen LogP contribution is 2.23. The lowest BCUT2D eigenvalue weighted by atomic mass is 10.1. The molecule has 1 amide bonds. The molecule has 0 aliphatic carbocycles. The van der Waals surface area contributed by atoms with Gasteiger partial charge in [0.15, 0.2) is 0 Å². The van der Waals surface area contributed by atoms with E-state index in [1.807, 2.05) is 42.5 Å². The Hall–Kier alpha value is -2.76. The Balaban J connectivity index is 1.73. The van der Waals surface area contributed by atoms with Crippen LogP contribution in [-0.2, 0) is 17.9 Å². The van der Waals surface area contributed by atoms with Gasteiger partial charge < -0.3 is 5.32 Å². The molecule has 3 rings (SSSR count). The molecule has 0 fully saturated rings. The van der Waals surface area contributed by atoms with Crippen molar-refractivity contribution in [3.8, 4) is 0 Å². The Morgan fingerprint density at radius 2 is 1.58 bits per heavy atom. The van der Waals surface area contributed by atoms with Crippen molar-refractivity contribution in [2.45, 2.75) is 19.1 Å². The van der Waals surface area contributed by atoms with Crippen LogP contribution in [-0.4, -0.2) is 15.9 Å². The molecule has 0 spiro atoms. The van der Waals surface area contributed by atoms with Gasteiger partial charge in [0, 0.05) is 42.9 Å². The third-order valence-corrected chi connectivity index (χ3v) is 4.25. The van der Waals surface area contributed by atoms with Gasteiger partial charge in [0.1, 0.15) is 6.04 Å². The highest BCUT2D eigenvalue weighted by molar-refractivity contribution is 6.31. The van der Waals surface area contributed by atoms with Gasteiger partial charge in [0.05, 0.1) is 0 Å². The molecule has 0 saturated carbocycles. The summed E-state index contributed by atoms with van der Waals surface area (Å²) >= 11 is 6.32. The third-order valence-electron chi connectivity index (χ3n) is 3.90. The van der Waals surface area contributed by atoms with Crippen LogP contribution in [0.15, 0.2) is 73.3 Å². The lowest BCUT2D eigenvalue weighted by molar-refractivity contribution is -0.123. The Bertz CT molecular complexity index is 843. The van der Waals surface area contributed by atoms with Crippen molar-refractivity contribution in [3.63, 3.8) is 0 Å². The minimum absolute atomic E-state index is 0.147. The summed E-state index contributed by atoms with van der Waals surface area (Å²) in [4.78, 5) is 21.0. The number of hydrogen-bond acceptors (Lipinski definition) is 4. The molecule has 2 N–H and O–H groups in total. The number of aromatic nitrogens is 2. The van der Waals surface area contributed by atoms with E-state index in [0.717, 1.165) is 16.7 Å². The summed E-state index contributed by atoms with van der Waals surface area (Å²) in [6.07, 6.45) is 6.92. The molecule has 5 nitrogen and oxygen atoms in total. The van der Waals surface area contributed by atoms with Gasteiger partial charge in [-0.2, -0.15) is 0 Å². The highest BCUT2D eigenvalue weighted by Gasteiger charge is 2.22. The van der Waals surface area contributed by atoms with Crippen LogP contribution in [0.3, 0.4) is 0 Å². The summed E-state index contributed by atoms with van der Waals surface area (Å²) in [5.74, 6) is -0.147. The zero-order valence-electron chi connectivity index (χ0n) is 14.1. The second-order valence-corrected chi connectivity index (χ2v) is 6.18. The summed E-state index contributed by atoms with van der Waals surface area (Å²) in [7, 11) is 0. The van der Waals surface area contributed by atoms with E-state index in [-0.39, 0.29) is 5.91 Å². The van der Waals surface area contributed by atoms with E-state index in [1.165, 1.54) is 0 Å². The van der Waals surface area contributed by atoms with E-state index in [1.54, 1.807) is 30.9 Å². The van der Waals surface area contributed by atoms with Gasteiger partial charge in [0.25, 0.3) is 0 Å². The monoisotopic (exact) mass is 366 g/mol. The maximum absolute atomic E-state index is 12.8. The summed E-state index contributed by atoms with van der Waals surface area (Å²) in [5, 5.41) is 6.77. The second-order valence-electron chi connectivity index (χ2n) is 5.78. The molecular weight excluding hydrogens is 348 g/mol. The van der Waals surface area contributed by atoms with Gasteiger partial charge in [0.2, 0.25) is 5.91 Å². The van der Waals surface area contributed by atoms with Gasteiger partial charge in [-0.1, -0.05) is 41.9 Å². The van der Waals surface area contributed by atoms with E-state index < -0.39 is 6.04 Å². The molecule has 2 heterocycles. The first kappa shape index (κ1) is 18.0. The minimum Gasteiger partial charge on any atom is -0.350 e.